The number of fused-ring (bicyclic) bond motifs is 3. The standard InChI is InChI=1S/C59H44GeN4/c1-41-31-34-54-51(37-41)52-38-42(2)32-35-55(52)64(54)56-36-33-46(40-53(56)59-62-57(43-19-8-3-9-20-43)61-58(63-59)44-21-10-4-11-22-44)45-23-18-30-50(39-45)60(47-24-12-5-13-25-47,48-26-14-6-15-27-48)49-28-16-7-17-29-49/h3-40H,1-2H3. The number of aromatic nitrogens is 4. The van der Waals surface area contributed by atoms with E-state index in [-0.39, 0.29) is 0 Å². The molecule has 0 aliphatic rings. The molecule has 304 valence electrons. The zero-order chi connectivity index (χ0) is 43.0. The van der Waals surface area contributed by atoms with Crippen LogP contribution >= 0.6 is 0 Å². The van der Waals surface area contributed by atoms with E-state index in [2.05, 4.69) is 213 Å². The average molecular weight is 882 g/mol. The van der Waals surface area contributed by atoms with Crippen molar-refractivity contribution in [3.05, 3.63) is 242 Å². The zero-order valence-electron chi connectivity index (χ0n) is 35.7. The molecule has 4 nitrogen and oxygen atoms in total. The van der Waals surface area contributed by atoms with Crippen LogP contribution in [0.1, 0.15) is 11.1 Å². The van der Waals surface area contributed by atoms with Gasteiger partial charge in [0.05, 0.1) is 0 Å². The number of nitrogens with zero attached hydrogens (tertiary/aromatic N) is 4. The van der Waals surface area contributed by atoms with Gasteiger partial charge in [-0.15, -0.1) is 0 Å². The molecule has 11 aromatic rings. The van der Waals surface area contributed by atoms with Crippen LogP contribution in [-0.4, -0.2) is 32.8 Å². The molecule has 0 atom stereocenters. The van der Waals surface area contributed by atoms with E-state index in [9.17, 15) is 0 Å². The molecule has 0 saturated heterocycles. The van der Waals surface area contributed by atoms with Gasteiger partial charge in [0, 0.05) is 0 Å². The predicted molar refractivity (Wildman–Crippen MR) is 269 cm³/mol. The van der Waals surface area contributed by atoms with E-state index in [0.717, 1.165) is 44.5 Å². The fraction of sp³-hybridized carbons (Fsp3) is 0.0339. The molecular formula is C59H44GeN4. The first-order valence-corrected chi connectivity index (χ1v) is 26.0. The van der Waals surface area contributed by atoms with Crippen LogP contribution in [0.15, 0.2) is 231 Å². The zero-order valence-corrected chi connectivity index (χ0v) is 37.8. The Balaban J connectivity index is 1.19. The SMILES string of the molecule is Cc1ccc2c(c1)c1cc(C)ccc1n2-c1ccc(-c2ccc[c]([Ge]([c]3ccccc3)([c]3ccccc3)[c]3ccccc3)c2)cc1-c1nc(-c2ccccc2)nc(-c2ccccc2)n1. The first-order chi connectivity index (χ1) is 31.5. The van der Waals surface area contributed by atoms with Crippen LogP contribution in [0.3, 0.4) is 0 Å². The molecule has 64 heavy (non-hydrogen) atoms. The van der Waals surface area contributed by atoms with Crippen LogP contribution in [-0.2, 0) is 0 Å². The van der Waals surface area contributed by atoms with Gasteiger partial charge in [-0.25, -0.2) is 0 Å². The topological polar surface area (TPSA) is 43.6 Å². The van der Waals surface area contributed by atoms with Gasteiger partial charge in [0.2, 0.25) is 0 Å². The molecule has 9 aromatic carbocycles. The number of hydrogen-bond donors (Lipinski definition) is 0. The fourth-order valence-electron chi connectivity index (χ4n) is 9.53. The van der Waals surface area contributed by atoms with E-state index in [1.807, 2.05) is 36.4 Å². The van der Waals surface area contributed by atoms with Gasteiger partial charge in [-0.05, 0) is 13.8 Å². The molecule has 2 heterocycles. The molecule has 0 amide bonds. The van der Waals surface area contributed by atoms with Crippen molar-refractivity contribution in [3.8, 4) is 51.0 Å². The molecule has 0 bridgehead atoms. The minimum absolute atomic E-state index is 0.611. The summed E-state index contributed by atoms with van der Waals surface area (Å²) in [7, 11) is 0. The first kappa shape index (κ1) is 39.2. The fourth-order valence-corrected chi connectivity index (χ4v) is 19.6. The van der Waals surface area contributed by atoms with E-state index in [1.165, 1.54) is 39.5 Å². The Morgan fingerprint density at radius 2 is 0.734 bits per heavy atom. The van der Waals surface area contributed by atoms with Crippen LogP contribution in [0.5, 0.6) is 0 Å². The normalized spacial score (nSPS) is 11.6. The number of aryl methyl sites for hydroxylation is 2. The van der Waals surface area contributed by atoms with Gasteiger partial charge in [-0.1, -0.05) is 12.1 Å². The number of hydrogen-bond acceptors (Lipinski definition) is 3. The summed E-state index contributed by atoms with van der Waals surface area (Å²) >= 11 is -3.56. The van der Waals surface area contributed by atoms with Crippen LogP contribution < -0.4 is 17.6 Å². The Bertz CT molecular complexity index is 3230. The van der Waals surface area contributed by atoms with Crippen LogP contribution in [0.25, 0.3) is 72.8 Å². The maximum absolute atomic E-state index is 5.34. The molecule has 5 heteroatoms. The van der Waals surface area contributed by atoms with E-state index >= 15 is 0 Å². The van der Waals surface area contributed by atoms with Crippen molar-refractivity contribution >= 4 is 52.7 Å². The third-order valence-corrected chi connectivity index (χ3v) is 22.5. The summed E-state index contributed by atoms with van der Waals surface area (Å²) in [5.41, 5.74) is 10.7. The van der Waals surface area contributed by atoms with E-state index in [1.54, 1.807) is 0 Å². The predicted octanol–water partition coefficient (Wildman–Crippen LogP) is 11.6. The molecule has 0 aliphatic heterocycles. The Labute approximate surface area is 376 Å². The molecule has 0 fully saturated rings. The number of benzene rings is 9. The van der Waals surface area contributed by atoms with Gasteiger partial charge < -0.3 is 0 Å². The van der Waals surface area contributed by atoms with Crippen molar-refractivity contribution in [2.24, 2.45) is 0 Å². The average Bonchev–Trinajstić information content (AvgIpc) is 3.67. The summed E-state index contributed by atoms with van der Waals surface area (Å²) in [6, 6.07) is 83.7. The molecule has 0 spiro atoms. The molecule has 0 N–H and O–H groups in total. The quantitative estimate of drug-likeness (QED) is 0.136. The van der Waals surface area contributed by atoms with Gasteiger partial charge in [0.1, 0.15) is 0 Å². The summed E-state index contributed by atoms with van der Waals surface area (Å²) in [4.78, 5) is 15.8. The van der Waals surface area contributed by atoms with E-state index < -0.39 is 13.3 Å². The third kappa shape index (κ3) is 6.93. The van der Waals surface area contributed by atoms with Crippen LogP contribution in [0.2, 0.25) is 0 Å². The van der Waals surface area contributed by atoms with Gasteiger partial charge in [-0.2, -0.15) is 0 Å². The van der Waals surface area contributed by atoms with Crippen molar-refractivity contribution in [2.45, 2.75) is 13.8 Å². The summed E-state index contributed by atoms with van der Waals surface area (Å²) < 4.78 is 7.91. The van der Waals surface area contributed by atoms with Gasteiger partial charge in [0.15, 0.2) is 0 Å². The second-order valence-corrected chi connectivity index (χ2v) is 24.6. The Morgan fingerprint density at radius 3 is 1.22 bits per heavy atom. The first-order valence-electron chi connectivity index (χ1n) is 21.9. The minimum atomic E-state index is -3.56. The van der Waals surface area contributed by atoms with Crippen molar-refractivity contribution in [2.75, 3.05) is 0 Å². The summed E-state index contributed by atoms with van der Waals surface area (Å²) in [5.74, 6) is 1.87. The van der Waals surface area contributed by atoms with Crippen LogP contribution in [0, 0.1) is 13.8 Å². The molecule has 11 rings (SSSR count). The van der Waals surface area contributed by atoms with E-state index in [4.69, 9.17) is 15.0 Å². The molecule has 0 radical (unpaired) electrons. The van der Waals surface area contributed by atoms with Gasteiger partial charge in [-0.3, -0.25) is 0 Å². The Hall–Kier alpha value is -7.67. The second-order valence-electron chi connectivity index (χ2n) is 16.6. The molecule has 0 saturated carbocycles. The molecule has 2 aromatic heterocycles. The molecule has 0 unspecified atom stereocenters. The Kier molecular flexibility index (Phi) is 10.1. The molecule has 0 aliphatic carbocycles. The van der Waals surface area contributed by atoms with Crippen molar-refractivity contribution < 1.29 is 0 Å². The summed E-state index contributed by atoms with van der Waals surface area (Å²) in [6.45, 7) is 4.33. The van der Waals surface area contributed by atoms with Gasteiger partial charge in [0.25, 0.3) is 0 Å². The summed E-state index contributed by atoms with van der Waals surface area (Å²) in [6.07, 6.45) is 0. The maximum atomic E-state index is 5.34. The molecular weight excluding hydrogens is 837 g/mol. The number of rotatable bonds is 9. The van der Waals surface area contributed by atoms with Crippen molar-refractivity contribution in [1.82, 2.24) is 19.5 Å². The van der Waals surface area contributed by atoms with Gasteiger partial charge >= 0.3 is 353 Å². The van der Waals surface area contributed by atoms with E-state index in [0.29, 0.717) is 17.5 Å². The monoisotopic (exact) mass is 882 g/mol. The third-order valence-electron chi connectivity index (χ3n) is 12.5. The van der Waals surface area contributed by atoms with Crippen molar-refractivity contribution in [3.63, 3.8) is 0 Å². The van der Waals surface area contributed by atoms with Crippen molar-refractivity contribution in [1.29, 1.82) is 0 Å². The summed E-state index contributed by atoms with van der Waals surface area (Å²) in [5, 5.41) is 2.44. The Morgan fingerprint density at radius 1 is 0.328 bits per heavy atom. The second kappa shape index (κ2) is 16.6. The van der Waals surface area contributed by atoms with Crippen LogP contribution in [0.4, 0.5) is 0 Å².